The molecule has 0 rings (SSSR count). The van der Waals surface area contributed by atoms with Crippen molar-refractivity contribution in [3.8, 4) is 0 Å². The Morgan fingerprint density at radius 3 is 1.30 bits per heavy atom. The summed E-state index contributed by atoms with van der Waals surface area (Å²) in [6.45, 7) is 1.08. The third-order valence-corrected chi connectivity index (χ3v) is 0. The van der Waals surface area contributed by atoms with E-state index in [1.165, 1.54) is 0 Å². The van der Waals surface area contributed by atoms with Gasteiger partial charge in [-0.15, -0.1) is 0 Å². The summed E-state index contributed by atoms with van der Waals surface area (Å²) in [4.78, 5) is 17.4. The Morgan fingerprint density at radius 1 is 1.30 bits per heavy atom. The summed E-state index contributed by atoms with van der Waals surface area (Å²) in [5, 5.41) is 22.7. The Labute approximate surface area is 100 Å². The molecule has 10 heavy (non-hydrogen) atoms. The van der Waals surface area contributed by atoms with Gasteiger partial charge in [0.15, 0.2) is 0 Å². The van der Waals surface area contributed by atoms with Crippen molar-refractivity contribution in [2.75, 3.05) is 0 Å². The summed E-state index contributed by atoms with van der Waals surface area (Å²) >= 11 is 0. The predicted molar refractivity (Wildman–Crippen MR) is 26.4 cm³/mol. The first kappa shape index (κ1) is 22.4. The average Bonchev–Trinajstić information content (AvgIpc) is 1.25. The molecule has 0 bridgehead atoms. The van der Waals surface area contributed by atoms with Crippen molar-refractivity contribution in [1.29, 1.82) is 0 Å². The number of hydrogen-bond donors (Lipinski definition) is 3. The van der Waals surface area contributed by atoms with Crippen molar-refractivity contribution in [2.24, 2.45) is 0 Å². The summed E-state index contributed by atoms with van der Waals surface area (Å²) in [5.41, 5.74) is 0. The van der Waals surface area contributed by atoms with Crippen LogP contribution in [0.2, 0.25) is 0 Å². The smallest absolute Gasteiger partial charge is 0.565 e. The molecule has 0 unspecified atom stereocenters. The van der Waals surface area contributed by atoms with Crippen LogP contribution in [0.25, 0.3) is 0 Å². The van der Waals surface area contributed by atoms with Crippen molar-refractivity contribution in [2.45, 2.75) is 6.92 Å². The van der Waals surface area contributed by atoms with Crippen LogP contribution in [0.5, 0.6) is 0 Å². The second-order valence-corrected chi connectivity index (χ2v) is 0.785. The number of aliphatic carboxylic acids is 1. The summed E-state index contributed by atoms with van der Waals surface area (Å²) in [6, 6.07) is 0. The molecule has 0 amide bonds. The number of rotatable bonds is 0. The van der Waals surface area contributed by atoms with Crippen LogP contribution in [0.4, 0.5) is 4.79 Å². The number of carboxylic acid groups (broad SMARTS) is 3. The van der Waals surface area contributed by atoms with E-state index in [1.54, 1.807) is 0 Å². The zero-order chi connectivity index (χ0) is 7.15. The molecule has 0 aliphatic carbocycles. The molecule has 0 saturated heterocycles. The van der Waals surface area contributed by atoms with E-state index in [-0.39, 0.29) is 57.5 Å². The van der Waals surface area contributed by atoms with E-state index in [9.17, 15) is 0 Å². The van der Waals surface area contributed by atoms with Gasteiger partial charge in [-0.1, -0.05) is 0 Å². The Morgan fingerprint density at radius 2 is 1.30 bits per heavy atom. The maximum absolute atomic E-state index is 9.00. The quantitative estimate of drug-likeness (QED) is 0.324. The van der Waals surface area contributed by atoms with Crippen molar-refractivity contribution in [1.82, 2.24) is 6.15 Å². The second-order valence-electron chi connectivity index (χ2n) is 0.785. The van der Waals surface area contributed by atoms with Gasteiger partial charge in [-0.3, -0.25) is 4.79 Å². The summed E-state index contributed by atoms with van der Waals surface area (Å²) in [7, 11) is 0. The molecule has 0 aromatic carbocycles. The minimum Gasteiger partial charge on any atom is -0.565 e. The SMILES string of the molecule is CC(=O)O.N.O=C([O-])O.[K+]. The molecule has 56 valence electrons. The fourth-order valence-corrected chi connectivity index (χ4v) is 0. The van der Waals surface area contributed by atoms with Crippen LogP contribution in [-0.4, -0.2) is 22.3 Å². The first-order valence-corrected chi connectivity index (χ1v) is 1.56. The summed E-state index contributed by atoms with van der Waals surface area (Å²) < 4.78 is 0. The number of carbonyl (C=O) groups is 2. The molecule has 5 N–H and O–H groups in total. The van der Waals surface area contributed by atoms with Crippen LogP contribution >= 0.6 is 0 Å². The fraction of sp³-hybridized carbons (Fsp3) is 0.333. The molecule has 0 radical (unpaired) electrons. The molecule has 0 fully saturated rings. The Bertz CT molecular complexity index is 74.9. The third-order valence-electron chi connectivity index (χ3n) is 0. The molecule has 0 aromatic heterocycles. The molecule has 0 aromatic rings. The predicted octanol–water partition coefficient (Wildman–Crippen LogP) is -3.86. The van der Waals surface area contributed by atoms with E-state index in [4.69, 9.17) is 24.9 Å². The molecule has 0 atom stereocenters. The van der Waals surface area contributed by atoms with Gasteiger partial charge in [0.1, 0.15) is 0 Å². The van der Waals surface area contributed by atoms with Gasteiger partial charge < -0.3 is 26.3 Å². The average molecular weight is 177 g/mol. The molecule has 0 aliphatic rings. The van der Waals surface area contributed by atoms with E-state index in [2.05, 4.69) is 0 Å². The third kappa shape index (κ3) is 3970. The Balaban J connectivity index is -0.0000000300. The summed E-state index contributed by atoms with van der Waals surface area (Å²) in [6.07, 6.45) is -2.08. The van der Waals surface area contributed by atoms with Gasteiger partial charge in [0, 0.05) is 6.92 Å². The first-order valence-electron chi connectivity index (χ1n) is 1.56. The molecule has 0 spiro atoms. The van der Waals surface area contributed by atoms with Gasteiger partial charge in [-0.2, -0.15) is 0 Å². The standard InChI is InChI=1S/C2H4O2.CH2O3.K.H3N/c1-2(3)4;2-1(3)4;;/h1H3,(H,3,4);(H2,2,3,4);;1H3/q;;+1;/p-1. The van der Waals surface area contributed by atoms with Crippen LogP contribution < -0.4 is 62.6 Å². The van der Waals surface area contributed by atoms with Crippen molar-refractivity contribution >= 4 is 12.1 Å². The van der Waals surface area contributed by atoms with Gasteiger partial charge in [-0.25, -0.2) is 0 Å². The maximum atomic E-state index is 9.00. The Kier molecular flexibility index (Phi) is 36.3. The minimum absolute atomic E-state index is 0. The molecular formula is C3H8KNO5. The van der Waals surface area contributed by atoms with E-state index < -0.39 is 12.1 Å². The van der Waals surface area contributed by atoms with Gasteiger partial charge in [0.25, 0.3) is 5.97 Å². The Hall–Kier alpha value is 0.336. The van der Waals surface area contributed by atoms with Gasteiger partial charge in [0.2, 0.25) is 6.16 Å². The molecule has 7 heteroatoms. The molecular weight excluding hydrogens is 169 g/mol. The van der Waals surface area contributed by atoms with Crippen LogP contribution in [0.3, 0.4) is 0 Å². The zero-order valence-electron chi connectivity index (χ0n) is 5.83. The van der Waals surface area contributed by atoms with Crippen LogP contribution in [0.15, 0.2) is 0 Å². The number of hydrogen-bond acceptors (Lipinski definition) is 4. The normalized spacial score (nSPS) is 4.90. The van der Waals surface area contributed by atoms with Gasteiger partial charge in [0.05, 0.1) is 0 Å². The van der Waals surface area contributed by atoms with E-state index in [0.717, 1.165) is 6.92 Å². The molecule has 6 nitrogen and oxygen atoms in total. The van der Waals surface area contributed by atoms with E-state index in [0.29, 0.717) is 0 Å². The topological polar surface area (TPSA) is 133 Å². The van der Waals surface area contributed by atoms with Crippen LogP contribution in [-0.2, 0) is 4.79 Å². The molecule has 0 saturated carbocycles. The van der Waals surface area contributed by atoms with E-state index >= 15 is 0 Å². The largest absolute Gasteiger partial charge is 1.00 e. The van der Waals surface area contributed by atoms with Crippen molar-refractivity contribution < 1.29 is 76.3 Å². The fourth-order valence-electron chi connectivity index (χ4n) is 0. The zero-order valence-corrected chi connectivity index (χ0v) is 8.95. The second kappa shape index (κ2) is 16.2. The van der Waals surface area contributed by atoms with Crippen molar-refractivity contribution in [3.05, 3.63) is 0 Å². The molecule has 0 aliphatic heterocycles. The maximum Gasteiger partial charge on any atom is 1.00 e. The van der Waals surface area contributed by atoms with Gasteiger partial charge >= 0.3 is 51.4 Å². The first-order chi connectivity index (χ1) is 3.46. The van der Waals surface area contributed by atoms with Gasteiger partial charge in [-0.05, 0) is 0 Å². The number of carboxylic acids is 1. The summed E-state index contributed by atoms with van der Waals surface area (Å²) in [5.74, 6) is -0.833. The van der Waals surface area contributed by atoms with E-state index in [1.807, 2.05) is 0 Å². The van der Waals surface area contributed by atoms with Crippen LogP contribution in [0, 0.1) is 0 Å². The molecule has 0 heterocycles. The minimum atomic E-state index is -2.08. The monoisotopic (exact) mass is 177 g/mol. The van der Waals surface area contributed by atoms with Crippen molar-refractivity contribution in [3.63, 3.8) is 0 Å². The van der Waals surface area contributed by atoms with Crippen LogP contribution in [0.1, 0.15) is 6.92 Å².